The summed E-state index contributed by atoms with van der Waals surface area (Å²) >= 11 is 0. The molecule has 0 aliphatic rings. The molecule has 0 amide bonds. The third-order valence-corrected chi connectivity index (χ3v) is 5.64. The third-order valence-electron chi connectivity index (χ3n) is 4.04. The van der Waals surface area contributed by atoms with Gasteiger partial charge in [-0.15, -0.1) is 0 Å². The zero-order valence-corrected chi connectivity index (χ0v) is 15.8. The Morgan fingerprint density at radius 3 is 2.42 bits per heavy atom. The first kappa shape index (κ1) is 18.3. The van der Waals surface area contributed by atoms with Crippen LogP contribution in [0.15, 0.2) is 51.9 Å². The summed E-state index contributed by atoms with van der Waals surface area (Å²) in [5.74, 6) is 0.890. The molecule has 1 aromatic heterocycles. The maximum Gasteiger partial charge on any atom is 0.240 e. The Hall–Kier alpha value is -2.51. The molecule has 1 heterocycles. The van der Waals surface area contributed by atoms with Crippen LogP contribution in [0.3, 0.4) is 0 Å². The van der Waals surface area contributed by atoms with Crippen LogP contribution in [-0.4, -0.2) is 25.1 Å². The van der Waals surface area contributed by atoms with Crippen molar-refractivity contribution in [1.29, 1.82) is 0 Å². The van der Waals surface area contributed by atoms with Crippen LogP contribution < -0.4 is 4.72 Å². The Balaban J connectivity index is 1.65. The first-order valence-electron chi connectivity index (χ1n) is 8.32. The standard InChI is InChI=1S/C19H21N3O3S/c1-13-5-8-16(9-6-13)19-21-18(25-22-19)10-11-20-26(23,24)17-12-14(2)4-7-15(17)3/h4-9,12,20H,10-11H2,1-3H3. The Labute approximate surface area is 153 Å². The van der Waals surface area contributed by atoms with Crippen LogP contribution in [0.1, 0.15) is 22.6 Å². The minimum atomic E-state index is -3.57. The highest BCUT2D eigenvalue weighted by atomic mass is 32.2. The first-order valence-corrected chi connectivity index (χ1v) is 9.80. The summed E-state index contributed by atoms with van der Waals surface area (Å²) in [5.41, 5.74) is 3.62. The smallest absolute Gasteiger partial charge is 0.240 e. The molecule has 0 aliphatic heterocycles. The Morgan fingerprint density at radius 1 is 1.00 bits per heavy atom. The maximum atomic E-state index is 12.5. The molecule has 6 nitrogen and oxygen atoms in total. The van der Waals surface area contributed by atoms with Crippen molar-refractivity contribution in [1.82, 2.24) is 14.9 Å². The molecule has 0 saturated carbocycles. The van der Waals surface area contributed by atoms with E-state index in [0.717, 1.165) is 16.7 Å². The van der Waals surface area contributed by atoms with Crippen LogP contribution in [0.4, 0.5) is 0 Å². The van der Waals surface area contributed by atoms with E-state index in [-0.39, 0.29) is 6.54 Å². The maximum absolute atomic E-state index is 12.5. The second kappa shape index (κ2) is 7.39. The van der Waals surface area contributed by atoms with Gasteiger partial charge >= 0.3 is 0 Å². The van der Waals surface area contributed by atoms with Gasteiger partial charge in [-0.1, -0.05) is 47.1 Å². The highest BCUT2D eigenvalue weighted by Crippen LogP contribution is 2.18. The van der Waals surface area contributed by atoms with E-state index in [0.29, 0.717) is 28.6 Å². The van der Waals surface area contributed by atoms with Crippen molar-refractivity contribution in [3.8, 4) is 11.4 Å². The number of sulfonamides is 1. The van der Waals surface area contributed by atoms with Crippen molar-refractivity contribution < 1.29 is 12.9 Å². The lowest BCUT2D eigenvalue weighted by Crippen LogP contribution is -2.26. The van der Waals surface area contributed by atoms with Gasteiger partial charge in [0.25, 0.3) is 0 Å². The summed E-state index contributed by atoms with van der Waals surface area (Å²) in [6, 6.07) is 13.2. The Bertz CT molecular complexity index is 1010. The van der Waals surface area contributed by atoms with Gasteiger partial charge in [-0.05, 0) is 38.0 Å². The van der Waals surface area contributed by atoms with Crippen molar-refractivity contribution in [2.24, 2.45) is 0 Å². The van der Waals surface area contributed by atoms with E-state index < -0.39 is 10.0 Å². The number of rotatable bonds is 6. The molecule has 7 heteroatoms. The summed E-state index contributed by atoms with van der Waals surface area (Å²) in [5, 5.41) is 3.95. The molecule has 2 aromatic carbocycles. The normalized spacial score (nSPS) is 11.7. The number of aromatic nitrogens is 2. The van der Waals surface area contributed by atoms with Gasteiger partial charge < -0.3 is 4.52 Å². The largest absolute Gasteiger partial charge is 0.339 e. The fourth-order valence-corrected chi connectivity index (χ4v) is 3.90. The summed E-state index contributed by atoms with van der Waals surface area (Å²) in [7, 11) is -3.57. The number of nitrogens with one attached hydrogen (secondary N) is 1. The zero-order chi connectivity index (χ0) is 18.7. The number of hydrogen-bond acceptors (Lipinski definition) is 5. The van der Waals surface area contributed by atoms with Crippen LogP contribution in [0.5, 0.6) is 0 Å². The monoisotopic (exact) mass is 371 g/mol. The molecular weight excluding hydrogens is 350 g/mol. The minimum Gasteiger partial charge on any atom is -0.339 e. The highest BCUT2D eigenvalue weighted by Gasteiger charge is 2.17. The van der Waals surface area contributed by atoms with E-state index in [1.165, 1.54) is 0 Å². The van der Waals surface area contributed by atoms with Gasteiger partial charge in [0.05, 0.1) is 4.90 Å². The predicted octanol–water partition coefficient (Wildman–Crippen LogP) is 3.18. The highest BCUT2D eigenvalue weighted by molar-refractivity contribution is 7.89. The van der Waals surface area contributed by atoms with E-state index >= 15 is 0 Å². The SMILES string of the molecule is Cc1ccc(-c2noc(CCNS(=O)(=O)c3cc(C)ccc3C)n2)cc1. The molecule has 0 bridgehead atoms. The van der Waals surface area contributed by atoms with Gasteiger partial charge in [0.15, 0.2) is 0 Å². The quantitative estimate of drug-likeness (QED) is 0.719. The first-order chi connectivity index (χ1) is 12.3. The van der Waals surface area contributed by atoms with Crippen molar-refractivity contribution in [3.63, 3.8) is 0 Å². The molecule has 26 heavy (non-hydrogen) atoms. The third kappa shape index (κ3) is 4.17. The van der Waals surface area contributed by atoms with Crippen LogP contribution in [0, 0.1) is 20.8 Å². The Morgan fingerprint density at radius 2 is 1.69 bits per heavy atom. The average molecular weight is 371 g/mol. The summed E-state index contributed by atoms with van der Waals surface area (Å²) in [6.45, 7) is 5.84. The predicted molar refractivity (Wildman–Crippen MR) is 99.3 cm³/mol. The van der Waals surface area contributed by atoms with Gasteiger partial charge in [-0.2, -0.15) is 4.98 Å². The van der Waals surface area contributed by atoms with E-state index in [4.69, 9.17) is 4.52 Å². The van der Waals surface area contributed by atoms with Gasteiger partial charge in [-0.25, -0.2) is 13.1 Å². The molecule has 3 aromatic rings. The van der Waals surface area contributed by atoms with Crippen LogP contribution >= 0.6 is 0 Å². The summed E-state index contributed by atoms with van der Waals surface area (Å²) < 4.78 is 32.8. The molecule has 0 aliphatic carbocycles. The number of nitrogens with zero attached hydrogens (tertiary/aromatic N) is 2. The number of aryl methyl sites for hydroxylation is 3. The molecule has 0 radical (unpaired) electrons. The second-order valence-electron chi connectivity index (χ2n) is 6.29. The topological polar surface area (TPSA) is 85.1 Å². The number of hydrogen-bond donors (Lipinski definition) is 1. The van der Waals surface area contributed by atoms with Crippen molar-refractivity contribution >= 4 is 10.0 Å². The van der Waals surface area contributed by atoms with E-state index in [1.54, 1.807) is 19.1 Å². The fraction of sp³-hybridized carbons (Fsp3) is 0.263. The van der Waals surface area contributed by atoms with Crippen molar-refractivity contribution in [2.75, 3.05) is 6.54 Å². The van der Waals surface area contributed by atoms with Gasteiger partial charge in [0, 0.05) is 18.5 Å². The Kier molecular flexibility index (Phi) is 5.20. The van der Waals surface area contributed by atoms with Gasteiger partial charge in [0.2, 0.25) is 21.7 Å². The van der Waals surface area contributed by atoms with Crippen molar-refractivity contribution in [2.45, 2.75) is 32.1 Å². The molecule has 1 N–H and O–H groups in total. The molecular formula is C19H21N3O3S. The molecule has 3 rings (SSSR count). The van der Waals surface area contributed by atoms with E-state index in [2.05, 4.69) is 14.9 Å². The van der Waals surface area contributed by atoms with Crippen molar-refractivity contribution in [3.05, 3.63) is 65.0 Å². The molecule has 0 unspecified atom stereocenters. The molecule has 0 saturated heterocycles. The van der Waals surface area contributed by atoms with Crippen LogP contribution in [0.25, 0.3) is 11.4 Å². The van der Waals surface area contributed by atoms with Gasteiger partial charge in [0.1, 0.15) is 0 Å². The lowest BCUT2D eigenvalue weighted by Gasteiger charge is -2.09. The van der Waals surface area contributed by atoms with Crippen LogP contribution in [0.2, 0.25) is 0 Å². The molecule has 0 spiro atoms. The average Bonchev–Trinajstić information content (AvgIpc) is 3.06. The second-order valence-corrected chi connectivity index (χ2v) is 8.03. The lowest BCUT2D eigenvalue weighted by atomic mass is 10.1. The fourth-order valence-electron chi connectivity index (χ4n) is 2.54. The lowest BCUT2D eigenvalue weighted by molar-refractivity contribution is 0.379. The van der Waals surface area contributed by atoms with E-state index in [9.17, 15) is 8.42 Å². The molecule has 0 atom stereocenters. The van der Waals surface area contributed by atoms with E-state index in [1.807, 2.05) is 44.2 Å². The van der Waals surface area contributed by atoms with Crippen LogP contribution in [-0.2, 0) is 16.4 Å². The molecule has 136 valence electrons. The summed E-state index contributed by atoms with van der Waals surface area (Å²) in [6.07, 6.45) is 0.322. The summed E-state index contributed by atoms with van der Waals surface area (Å²) in [4.78, 5) is 4.62. The molecule has 0 fully saturated rings. The van der Waals surface area contributed by atoms with Gasteiger partial charge in [-0.3, -0.25) is 0 Å². The zero-order valence-electron chi connectivity index (χ0n) is 15.0. The minimum absolute atomic E-state index is 0.186. The number of benzene rings is 2.